The van der Waals surface area contributed by atoms with Gasteiger partial charge in [0.05, 0.1) is 0 Å². The molecule has 0 radical (unpaired) electrons. The molecule has 1 saturated heterocycles. The van der Waals surface area contributed by atoms with Crippen molar-refractivity contribution in [2.24, 2.45) is 0 Å². The van der Waals surface area contributed by atoms with E-state index in [-0.39, 0.29) is 13.2 Å². The fourth-order valence-corrected chi connectivity index (χ4v) is 1.49. The molecular weight excluding hydrogens is 212 g/mol. The maximum absolute atomic E-state index is 11.0. The summed E-state index contributed by atoms with van der Waals surface area (Å²) >= 11 is 0. The maximum atomic E-state index is 11.0. The maximum Gasteiger partial charge on any atom is 0.400 e. The Kier molecular flexibility index (Phi) is 3.46. The molecule has 7 heteroatoms. The van der Waals surface area contributed by atoms with Crippen molar-refractivity contribution in [3.63, 3.8) is 0 Å². The van der Waals surface area contributed by atoms with Gasteiger partial charge in [0.1, 0.15) is 6.61 Å². The molecule has 0 amide bonds. The molecule has 0 saturated carbocycles. The smallest absolute Gasteiger partial charge is 0.400 e. The summed E-state index contributed by atoms with van der Waals surface area (Å²) in [7, 11) is -4.01. The summed E-state index contributed by atoms with van der Waals surface area (Å²) in [4.78, 5) is 11.0. The summed E-state index contributed by atoms with van der Waals surface area (Å²) in [5, 5.41) is 0. The normalized spacial score (nSPS) is 23.6. The van der Waals surface area contributed by atoms with E-state index in [1.165, 1.54) is 0 Å². The van der Waals surface area contributed by atoms with Crippen molar-refractivity contribution in [1.82, 2.24) is 0 Å². The van der Waals surface area contributed by atoms with E-state index in [4.69, 9.17) is 0 Å². The third-order valence-electron chi connectivity index (χ3n) is 1.32. The molecule has 14 heavy (non-hydrogen) atoms. The Morgan fingerprint density at radius 2 is 2.36 bits per heavy atom. The lowest BCUT2D eigenvalue weighted by Crippen LogP contribution is -2.25. The zero-order chi connectivity index (χ0) is 10.6. The van der Waals surface area contributed by atoms with Crippen molar-refractivity contribution >= 4 is 16.4 Å². The first kappa shape index (κ1) is 11.0. The summed E-state index contributed by atoms with van der Waals surface area (Å²) in [5.41, 5.74) is 0. The summed E-state index contributed by atoms with van der Waals surface area (Å²) < 4.78 is 34.2. The lowest BCUT2D eigenvalue weighted by atomic mass is 10.4. The van der Waals surface area contributed by atoms with Crippen molar-refractivity contribution in [1.29, 1.82) is 0 Å². The van der Waals surface area contributed by atoms with Crippen LogP contribution in [0.4, 0.5) is 0 Å². The first-order valence-corrected chi connectivity index (χ1v) is 5.02. The van der Waals surface area contributed by atoms with Crippen LogP contribution in [-0.2, 0) is 28.3 Å². The molecule has 1 fully saturated rings. The number of hydrogen-bond donors (Lipinski definition) is 0. The monoisotopic (exact) mass is 220 g/mol. The fourth-order valence-electron chi connectivity index (χ4n) is 0.723. The first-order valence-electron chi connectivity index (χ1n) is 3.69. The Labute approximate surface area is 81.5 Å². The summed E-state index contributed by atoms with van der Waals surface area (Å²) in [6.45, 7) is 1.16. The zero-order valence-electron chi connectivity index (χ0n) is 7.35. The Bertz CT molecular complexity index is 373. The lowest BCUT2D eigenvalue weighted by molar-refractivity contribution is -0.149. The number of carbonyl (C=O) groups is 1. The van der Waals surface area contributed by atoms with Crippen LogP contribution in [0.3, 0.4) is 0 Å². The van der Waals surface area contributed by atoms with Gasteiger partial charge in [0.25, 0.3) is 0 Å². The van der Waals surface area contributed by atoms with Gasteiger partial charge in [0.2, 0.25) is 6.10 Å². The number of hydrogen-bond acceptors (Lipinski definition) is 6. The van der Waals surface area contributed by atoms with Crippen LogP contribution in [0.5, 0.6) is 0 Å². The van der Waals surface area contributed by atoms with E-state index in [1.807, 2.05) is 0 Å². The molecule has 0 spiro atoms. The van der Waals surface area contributed by atoms with Gasteiger partial charge in [-0.2, -0.15) is 8.42 Å². The van der Waals surface area contributed by atoms with Gasteiger partial charge in [-0.3, -0.25) is 0 Å². The van der Waals surface area contributed by atoms with Crippen LogP contribution in [0, 0.1) is 11.8 Å². The van der Waals surface area contributed by atoms with Crippen LogP contribution >= 0.6 is 0 Å². The molecule has 1 atom stereocenters. The average molecular weight is 220 g/mol. The highest BCUT2D eigenvalue weighted by Crippen LogP contribution is 2.13. The Morgan fingerprint density at radius 1 is 1.64 bits per heavy atom. The van der Waals surface area contributed by atoms with Gasteiger partial charge < -0.3 is 4.74 Å². The van der Waals surface area contributed by atoms with Crippen molar-refractivity contribution in [3.05, 3.63) is 0 Å². The van der Waals surface area contributed by atoms with Gasteiger partial charge in [0, 0.05) is 0 Å². The van der Waals surface area contributed by atoms with Gasteiger partial charge >= 0.3 is 16.4 Å². The molecule has 1 aliphatic rings. The molecule has 1 rings (SSSR count). The highest BCUT2D eigenvalue weighted by Gasteiger charge is 2.36. The van der Waals surface area contributed by atoms with Crippen LogP contribution in [0.2, 0.25) is 0 Å². The quantitative estimate of drug-likeness (QED) is 0.448. The summed E-state index contributed by atoms with van der Waals surface area (Å²) in [5.74, 6) is 4.20. The minimum Gasteiger partial charge on any atom is -0.450 e. The molecule has 6 nitrogen and oxygen atoms in total. The van der Waals surface area contributed by atoms with Crippen molar-refractivity contribution in [3.8, 4) is 11.8 Å². The van der Waals surface area contributed by atoms with Crippen molar-refractivity contribution < 1.29 is 26.3 Å². The van der Waals surface area contributed by atoms with E-state index in [1.54, 1.807) is 6.92 Å². The van der Waals surface area contributed by atoms with E-state index < -0.39 is 22.5 Å². The van der Waals surface area contributed by atoms with E-state index in [2.05, 4.69) is 24.9 Å². The van der Waals surface area contributed by atoms with Crippen LogP contribution in [0.1, 0.15) is 6.92 Å². The molecule has 0 aromatic carbocycles. The molecule has 0 aliphatic carbocycles. The van der Waals surface area contributed by atoms with E-state index in [9.17, 15) is 13.2 Å². The van der Waals surface area contributed by atoms with E-state index >= 15 is 0 Å². The van der Waals surface area contributed by atoms with E-state index in [0.717, 1.165) is 0 Å². The number of rotatable bonds is 2. The van der Waals surface area contributed by atoms with Gasteiger partial charge in [0.15, 0.2) is 6.61 Å². The first-order chi connectivity index (χ1) is 6.55. The SMILES string of the molecule is CC#CCOC(=O)C1COS(=O)(=O)O1. The second-order valence-corrected chi connectivity index (χ2v) is 3.56. The highest BCUT2D eigenvalue weighted by molar-refractivity contribution is 7.82. The predicted molar refractivity (Wildman–Crippen MR) is 44.2 cm³/mol. The second kappa shape index (κ2) is 4.41. The third kappa shape index (κ3) is 2.99. The molecule has 1 aliphatic heterocycles. The van der Waals surface area contributed by atoms with Gasteiger partial charge in [-0.05, 0) is 6.92 Å². The Morgan fingerprint density at radius 3 is 2.86 bits per heavy atom. The molecule has 0 bridgehead atoms. The molecule has 78 valence electrons. The standard InChI is InChI=1S/C7H8O6S/c1-2-3-4-11-7(8)6-5-12-14(9,10)13-6/h6H,4-5H2,1H3. The molecular formula is C7H8O6S. The average Bonchev–Trinajstić information content (AvgIpc) is 2.46. The van der Waals surface area contributed by atoms with Gasteiger partial charge in [-0.1, -0.05) is 5.92 Å². The summed E-state index contributed by atoms with van der Waals surface area (Å²) in [6.07, 6.45) is -1.21. The van der Waals surface area contributed by atoms with Crippen molar-refractivity contribution in [2.45, 2.75) is 13.0 Å². The minimum absolute atomic E-state index is 0.0881. The van der Waals surface area contributed by atoms with Crippen LogP contribution in [-0.4, -0.2) is 33.7 Å². The molecule has 0 N–H and O–H groups in total. The topological polar surface area (TPSA) is 78.9 Å². The van der Waals surface area contributed by atoms with Crippen LogP contribution in [0.25, 0.3) is 0 Å². The molecule has 0 aromatic rings. The third-order valence-corrected chi connectivity index (χ3v) is 2.22. The van der Waals surface area contributed by atoms with Crippen LogP contribution in [0.15, 0.2) is 0 Å². The minimum atomic E-state index is -4.01. The molecule has 1 heterocycles. The summed E-state index contributed by atoms with van der Waals surface area (Å²) in [6, 6.07) is 0. The van der Waals surface area contributed by atoms with E-state index in [0.29, 0.717) is 0 Å². The lowest BCUT2D eigenvalue weighted by Gasteiger charge is -2.03. The van der Waals surface area contributed by atoms with Crippen LogP contribution < -0.4 is 0 Å². The Hall–Kier alpha value is -1.10. The predicted octanol–water partition coefficient (Wildman–Crippen LogP) is -0.787. The van der Waals surface area contributed by atoms with Crippen molar-refractivity contribution in [2.75, 3.05) is 13.2 Å². The fraction of sp³-hybridized carbons (Fsp3) is 0.571. The number of carbonyl (C=O) groups excluding carboxylic acids is 1. The van der Waals surface area contributed by atoms with Gasteiger partial charge in [-0.15, -0.1) is 5.92 Å². The molecule has 1 unspecified atom stereocenters. The highest BCUT2D eigenvalue weighted by atomic mass is 32.3. The van der Waals surface area contributed by atoms with Gasteiger partial charge in [-0.25, -0.2) is 13.2 Å². The Balaban J connectivity index is 2.43. The molecule has 0 aromatic heterocycles. The zero-order valence-corrected chi connectivity index (χ0v) is 8.17. The number of ether oxygens (including phenoxy) is 1. The number of esters is 1. The second-order valence-electron chi connectivity index (χ2n) is 2.31. The largest absolute Gasteiger partial charge is 0.450 e.